The second kappa shape index (κ2) is 5.60. The van der Waals surface area contributed by atoms with E-state index in [0.29, 0.717) is 5.56 Å². The molecule has 0 aliphatic heterocycles. The first kappa shape index (κ1) is 14.5. The highest BCUT2D eigenvalue weighted by molar-refractivity contribution is 7.89. The second-order valence-electron chi connectivity index (χ2n) is 4.32. The molecule has 0 radical (unpaired) electrons. The molecule has 0 amide bonds. The van der Waals surface area contributed by atoms with Crippen molar-refractivity contribution < 1.29 is 17.9 Å². The maximum atomic E-state index is 13.6. The first-order chi connectivity index (χ1) is 9.43. The van der Waals surface area contributed by atoms with Crippen molar-refractivity contribution in [3.8, 4) is 5.75 Å². The Kier molecular flexibility index (Phi) is 4.06. The molecule has 106 valence electrons. The number of benzene rings is 2. The van der Waals surface area contributed by atoms with Crippen LogP contribution >= 0.6 is 0 Å². The maximum absolute atomic E-state index is 13.6. The summed E-state index contributed by atoms with van der Waals surface area (Å²) in [4.78, 5) is -0.377. The molecule has 0 aliphatic carbocycles. The average molecular weight is 295 g/mol. The van der Waals surface area contributed by atoms with Crippen LogP contribution in [0.4, 0.5) is 4.39 Å². The van der Waals surface area contributed by atoms with Crippen molar-refractivity contribution in [2.45, 2.75) is 11.4 Å². The lowest BCUT2D eigenvalue weighted by Gasteiger charge is -2.18. The number of sulfonamides is 1. The molecule has 0 bridgehead atoms. The summed E-state index contributed by atoms with van der Waals surface area (Å²) in [7, 11) is -2.60. The summed E-state index contributed by atoms with van der Waals surface area (Å²) in [6.07, 6.45) is 0. The van der Waals surface area contributed by atoms with Gasteiger partial charge in [-0.3, -0.25) is 0 Å². The van der Waals surface area contributed by atoms with Crippen LogP contribution < -0.4 is 0 Å². The maximum Gasteiger partial charge on any atom is 0.246 e. The molecule has 0 aromatic heterocycles. The van der Waals surface area contributed by atoms with Crippen molar-refractivity contribution in [1.82, 2.24) is 4.31 Å². The zero-order valence-corrected chi connectivity index (χ0v) is 11.6. The number of para-hydroxylation sites is 1. The molecule has 0 spiro atoms. The lowest BCUT2D eigenvalue weighted by Crippen LogP contribution is -2.27. The largest absolute Gasteiger partial charge is 0.508 e. The Labute approximate surface area is 117 Å². The number of nitrogens with zero attached hydrogens (tertiary/aromatic N) is 1. The van der Waals surface area contributed by atoms with E-state index < -0.39 is 15.8 Å². The van der Waals surface area contributed by atoms with E-state index in [4.69, 9.17) is 0 Å². The summed E-state index contributed by atoms with van der Waals surface area (Å²) in [6, 6.07) is 11.6. The van der Waals surface area contributed by atoms with E-state index in [1.54, 1.807) is 18.2 Å². The minimum absolute atomic E-state index is 0.00286. The topological polar surface area (TPSA) is 57.6 Å². The molecule has 20 heavy (non-hydrogen) atoms. The van der Waals surface area contributed by atoms with E-state index >= 15 is 0 Å². The summed E-state index contributed by atoms with van der Waals surface area (Å²) < 4.78 is 39.2. The van der Waals surface area contributed by atoms with Gasteiger partial charge in [-0.1, -0.05) is 30.3 Å². The third-order valence-electron chi connectivity index (χ3n) is 2.91. The third kappa shape index (κ3) is 2.81. The van der Waals surface area contributed by atoms with Gasteiger partial charge >= 0.3 is 0 Å². The highest BCUT2D eigenvalue weighted by Crippen LogP contribution is 2.22. The van der Waals surface area contributed by atoms with Gasteiger partial charge in [-0.25, -0.2) is 12.8 Å². The third-order valence-corrected chi connectivity index (χ3v) is 4.75. The molecule has 2 aromatic rings. The molecular weight excluding hydrogens is 281 g/mol. The van der Waals surface area contributed by atoms with E-state index in [2.05, 4.69) is 0 Å². The van der Waals surface area contributed by atoms with E-state index in [9.17, 15) is 17.9 Å². The van der Waals surface area contributed by atoms with Gasteiger partial charge in [0, 0.05) is 19.2 Å². The van der Waals surface area contributed by atoms with Crippen LogP contribution in [0.25, 0.3) is 0 Å². The van der Waals surface area contributed by atoms with Crippen LogP contribution in [0.3, 0.4) is 0 Å². The molecule has 0 unspecified atom stereocenters. The zero-order chi connectivity index (χ0) is 14.8. The molecule has 1 N–H and O–H groups in total. The van der Waals surface area contributed by atoms with Gasteiger partial charge in [-0.05, 0) is 18.2 Å². The van der Waals surface area contributed by atoms with Crippen molar-refractivity contribution in [2.75, 3.05) is 7.05 Å². The Morgan fingerprint density at radius 3 is 2.35 bits per heavy atom. The van der Waals surface area contributed by atoms with Crippen molar-refractivity contribution in [2.24, 2.45) is 0 Å². The Bertz CT molecular complexity index is 716. The standard InChI is InChI=1S/C14H14FNO3S/c1-16(10-11-6-2-4-8-13(11)17)20(18,19)14-9-5-3-7-12(14)15/h2-9,17H,10H2,1H3. The molecule has 0 saturated heterocycles. The predicted octanol–water partition coefficient (Wildman–Crippen LogP) is 2.35. The second-order valence-corrected chi connectivity index (χ2v) is 6.33. The van der Waals surface area contributed by atoms with Gasteiger partial charge < -0.3 is 5.11 Å². The number of hydrogen-bond acceptors (Lipinski definition) is 3. The van der Waals surface area contributed by atoms with E-state index in [0.717, 1.165) is 10.4 Å². The highest BCUT2D eigenvalue weighted by Gasteiger charge is 2.24. The SMILES string of the molecule is CN(Cc1ccccc1O)S(=O)(=O)c1ccccc1F. The van der Waals surface area contributed by atoms with Crippen molar-refractivity contribution in [3.05, 3.63) is 59.9 Å². The molecule has 0 fully saturated rings. The van der Waals surface area contributed by atoms with Crippen LogP contribution in [0, 0.1) is 5.82 Å². The van der Waals surface area contributed by atoms with E-state index in [-0.39, 0.29) is 17.2 Å². The van der Waals surface area contributed by atoms with E-state index in [1.807, 2.05) is 0 Å². The monoisotopic (exact) mass is 295 g/mol. The number of phenolic OH excluding ortho intramolecular Hbond substituents is 1. The Morgan fingerprint density at radius 1 is 1.10 bits per heavy atom. The van der Waals surface area contributed by atoms with Gasteiger partial charge in [0.2, 0.25) is 10.0 Å². The average Bonchev–Trinajstić information content (AvgIpc) is 2.41. The van der Waals surface area contributed by atoms with Crippen molar-refractivity contribution in [1.29, 1.82) is 0 Å². The highest BCUT2D eigenvalue weighted by atomic mass is 32.2. The van der Waals surface area contributed by atoms with Gasteiger partial charge in [0.1, 0.15) is 16.5 Å². The molecule has 2 rings (SSSR count). The number of halogens is 1. The number of rotatable bonds is 4. The van der Waals surface area contributed by atoms with Crippen molar-refractivity contribution >= 4 is 10.0 Å². The van der Waals surface area contributed by atoms with Gasteiger partial charge in [0.15, 0.2) is 0 Å². The summed E-state index contributed by atoms with van der Waals surface area (Å²) >= 11 is 0. The van der Waals surface area contributed by atoms with Crippen LogP contribution in [0.2, 0.25) is 0 Å². The van der Waals surface area contributed by atoms with Crippen LogP contribution in [-0.2, 0) is 16.6 Å². The Balaban J connectivity index is 2.31. The van der Waals surface area contributed by atoms with Gasteiger partial charge in [0.25, 0.3) is 0 Å². The number of phenols is 1. The molecule has 0 heterocycles. The van der Waals surface area contributed by atoms with Gasteiger partial charge in [0.05, 0.1) is 0 Å². The molecule has 0 saturated carbocycles. The first-order valence-corrected chi connectivity index (χ1v) is 7.34. The fraction of sp³-hybridized carbons (Fsp3) is 0.143. The number of aromatic hydroxyl groups is 1. The fourth-order valence-corrected chi connectivity index (χ4v) is 3.00. The van der Waals surface area contributed by atoms with Crippen LogP contribution in [0.1, 0.15) is 5.56 Å². The summed E-state index contributed by atoms with van der Waals surface area (Å²) in [5.74, 6) is -0.792. The molecule has 6 heteroatoms. The minimum Gasteiger partial charge on any atom is -0.508 e. The number of hydrogen-bond donors (Lipinski definition) is 1. The molecule has 4 nitrogen and oxygen atoms in total. The Morgan fingerprint density at radius 2 is 1.70 bits per heavy atom. The lowest BCUT2D eigenvalue weighted by atomic mass is 10.2. The van der Waals surface area contributed by atoms with Gasteiger partial charge in [-0.2, -0.15) is 4.31 Å². The van der Waals surface area contributed by atoms with Crippen molar-refractivity contribution in [3.63, 3.8) is 0 Å². The molecule has 0 atom stereocenters. The predicted molar refractivity (Wildman–Crippen MR) is 73.2 cm³/mol. The van der Waals surface area contributed by atoms with Crippen LogP contribution in [-0.4, -0.2) is 24.9 Å². The molecular formula is C14H14FNO3S. The summed E-state index contributed by atoms with van der Waals surface area (Å²) in [6.45, 7) is -0.0384. The van der Waals surface area contributed by atoms with Crippen LogP contribution in [0.5, 0.6) is 5.75 Å². The summed E-state index contributed by atoms with van der Waals surface area (Å²) in [5, 5.41) is 9.65. The molecule has 2 aromatic carbocycles. The molecule has 0 aliphatic rings. The first-order valence-electron chi connectivity index (χ1n) is 5.90. The minimum atomic E-state index is -3.94. The normalized spacial score (nSPS) is 11.8. The smallest absolute Gasteiger partial charge is 0.246 e. The summed E-state index contributed by atoms with van der Waals surface area (Å²) in [5.41, 5.74) is 0.454. The van der Waals surface area contributed by atoms with E-state index in [1.165, 1.54) is 31.3 Å². The lowest BCUT2D eigenvalue weighted by molar-refractivity contribution is 0.433. The fourth-order valence-electron chi connectivity index (χ4n) is 1.79. The van der Waals surface area contributed by atoms with Crippen LogP contribution in [0.15, 0.2) is 53.4 Å². The Hall–Kier alpha value is -1.92. The van der Waals surface area contributed by atoms with Gasteiger partial charge in [-0.15, -0.1) is 0 Å². The zero-order valence-electron chi connectivity index (χ0n) is 10.8. The quantitative estimate of drug-likeness (QED) is 0.942.